The van der Waals surface area contributed by atoms with Crippen molar-refractivity contribution in [2.45, 2.75) is 17.0 Å². The lowest BCUT2D eigenvalue weighted by Crippen LogP contribution is -2.06. The lowest BCUT2D eigenvalue weighted by molar-refractivity contribution is -0.384. The number of anilines is 4. The fourth-order valence-electron chi connectivity index (χ4n) is 2.78. The number of halogens is 1. The molecule has 4 rings (SSSR count). The predicted octanol–water partition coefficient (Wildman–Crippen LogP) is 6.38. The molecule has 0 bridgehead atoms. The topological polar surface area (TPSA) is 106 Å². The standard InChI is InChI=1S/C22H17ClN6O2S/c1-14-10-11-15(23)12-19(14)25-21-26-20(24-16-6-5-7-17(13-16)29(30)31)27-22(28-21)32-18-8-3-2-4-9-18/h2-13H,1H3,(H2,24,25,26,27,28). The fourth-order valence-corrected chi connectivity index (χ4v) is 3.72. The van der Waals surface area contributed by atoms with Crippen LogP contribution in [0.4, 0.5) is 29.0 Å². The van der Waals surface area contributed by atoms with Crippen molar-refractivity contribution >= 4 is 52.3 Å². The second kappa shape index (κ2) is 9.63. The maximum Gasteiger partial charge on any atom is 0.271 e. The summed E-state index contributed by atoms with van der Waals surface area (Å²) in [6.45, 7) is 1.95. The molecule has 1 aromatic heterocycles. The summed E-state index contributed by atoms with van der Waals surface area (Å²) in [4.78, 5) is 25.0. The summed E-state index contributed by atoms with van der Waals surface area (Å²) in [6, 6.07) is 21.3. The van der Waals surface area contributed by atoms with Crippen LogP contribution in [-0.4, -0.2) is 19.9 Å². The van der Waals surface area contributed by atoms with Gasteiger partial charge in [0.15, 0.2) is 5.16 Å². The van der Waals surface area contributed by atoms with E-state index in [2.05, 4.69) is 25.6 Å². The molecule has 2 N–H and O–H groups in total. The van der Waals surface area contributed by atoms with Gasteiger partial charge < -0.3 is 10.6 Å². The summed E-state index contributed by atoms with van der Waals surface area (Å²) in [6.07, 6.45) is 0. The summed E-state index contributed by atoms with van der Waals surface area (Å²) in [5.74, 6) is 0.567. The zero-order valence-electron chi connectivity index (χ0n) is 16.8. The van der Waals surface area contributed by atoms with Gasteiger partial charge in [0.1, 0.15) is 0 Å². The van der Waals surface area contributed by atoms with Gasteiger partial charge in [0.2, 0.25) is 11.9 Å². The molecule has 8 nitrogen and oxygen atoms in total. The van der Waals surface area contributed by atoms with Crippen LogP contribution in [0.1, 0.15) is 5.56 Å². The summed E-state index contributed by atoms with van der Waals surface area (Å²) in [5, 5.41) is 18.4. The summed E-state index contributed by atoms with van der Waals surface area (Å²) >= 11 is 7.51. The molecule has 160 valence electrons. The first-order valence-corrected chi connectivity index (χ1v) is 10.7. The van der Waals surface area contributed by atoms with Crippen LogP contribution < -0.4 is 10.6 Å². The number of nitro benzene ring substituents is 1. The number of aryl methyl sites for hydroxylation is 1. The largest absolute Gasteiger partial charge is 0.324 e. The van der Waals surface area contributed by atoms with Gasteiger partial charge >= 0.3 is 0 Å². The zero-order valence-corrected chi connectivity index (χ0v) is 18.4. The molecule has 0 spiro atoms. The average molecular weight is 465 g/mol. The highest BCUT2D eigenvalue weighted by Gasteiger charge is 2.12. The van der Waals surface area contributed by atoms with E-state index in [4.69, 9.17) is 11.6 Å². The Bertz CT molecular complexity index is 1270. The van der Waals surface area contributed by atoms with Crippen LogP contribution in [0.15, 0.2) is 82.8 Å². The molecule has 0 aliphatic carbocycles. The van der Waals surface area contributed by atoms with Gasteiger partial charge in [0.05, 0.1) is 4.92 Å². The van der Waals surface area contributed by atoms with Gasteiger partial charge in [-0.15, -0.1) is 0 Å². The van der Waals surface area contributed by atoms with Crippen LogP contribution >= 0.6 is 23.4 Å². The maximum atomic E-state index is 11.1. The first-order valence-electron chi connectivity index (χ1n) is 9.50. The number of hydrogen-bond acceptors (Lipinski definition) is 8. The molecule has 0 fully saturated rings. The fraction of sp³-hybridized carbons (Fsp3) is 0.0455. The number of nitrogens with one attached hydrogen (secondary N) is 2. The SMILES string of the molecule is Cc1ccc(Cl)cc1Nc1nc(Nc2cccc([N+](=O)[O-])c2)nc(Sc2ccccc2)n1. The molecule has 0 saturated heterocycles. The molecule has 10 heteroatoms. The smallest absolute Gasteiger partial charge is 0.271 e. The van der Waals surface area contributed by atoms with E-state index >= 15 is 0 Å². The molecule has 0 aliphatic rings. The van der Waals surface area contributed by atoms with Gasteiger partial charge in [0.25, 0.3) is 5.69 Å². The Kier molecular flexibility index (Phi) is 6.48. The summed E-state index contributed by atoms with van der Waals surface area (Å²) < 4.78 is 0. The third-order valence-electron chi connectivity index (χ3n) is 4.33. The Labute approximate surface area is 193 Å². The molecule has 3 aromatic carbocycles. The molecule has 0 amide bonds. The molecule has 0 saturated carbocycles. The molecular formula is C22H17ClN6O2S. The highest BCUT2D eigenvalue weighted by Crippen LogP contribution is 2.29. The minimum atomic E-state index is -0.454. The highest BCUT2D eigenvalue weighted by molar-refractivity contribution is 7.99. The third kappa shape index (κ3) is 5.51. The molecule has 0 radical (unpaired) electrons. The number of nitro groups is 1. The van der Waals surface area contributed by atoms with Crippen LogP contribution in [0, 0.1) is 17.0 Å². The predicted molar refractivity (Wildman–Crippen MR) is 126 cm³/mol. The maximum absolute atomic E-state index is 11.1. The monoisotopic (exact) mass is 464 g/mol. The van der Waals surface area contributed by atoms with E-state index in [0.717, 1.165) is 16.1 Å². The summed E-state index contributed by atoms with van der Waals surface area (Å²) in [5.41, 5.74) is 2.20. The highest BCUT2D eigenvalue weighted by atomic mass is 35.5. The average Bonchev–Trinajstić information content (AvgIpc) is 2.77. The van der Waals surface area contributed by atoms with E-state index in [9.17, 15) is 10.1 Å². The second-order valence-corrected chi connectivity index (χ2v) is 8.17. The van der Waals surface area contributed by atoms with Gasteiger partial charge in [-0.05, 0) is 54.6 Å². The van der Waals surface area contributed by atoms with E-state index < -0.39 is 4.92 Å². The van der Waals surface area contributed by atoms with Crippen molar-refractivity contribution in [3.8, 4) is 0 Å². The lowest BCUT2D eigenvalue weighted by atomic mass is 10.2. The Morgan fingerprint density at radius 2 is 1.66 bits per heavy atom. The van der Waals surface area contributed by atoms with E-state index in [1.165, 1.54) is 23.9 Å². The van der Waals surface area contributed by atoms with Crippen molar-refractivity contribution in [2.24, 2.45) is 0 Å². The van der Waals surface area contributed by atoms with Crippen LogP contribution in [0.2, 0.25) is 5.02 Å². The van der Waals surface area contributed by atoms with Gasteiger partial charge in [-0.2, -0.15) is 15.0 Å². The molecule has 1 heterocycles. The van der Waals surface area contributed by atoms with Crippen molar-refractivity contribution < 1.29 is 4.92 Å². The van der Waals surface area contributed by atoms with Crippen LogP contribution in [0.3, 0.4) is 0 Å². The minimum absolute atomic E-state index is 0.0316. The van der Waals surface area contributed by atoms with Gasteiger partial charge in [-0.1, -0.05) is 41.9 Å². The first-order chi connectivity index (χ1) is 15.5. The Hall–Kier alpha value is -3.69. The van der Waals surface area contributed by atoms with Crippen LogP contribution in [-0.2, 0) is 0 Å². The minimum Gasteiger partial charge on any atom is -0.324 e. The van der Waals surface area contributed by atoms with Gasteiger partial charge in [-0.25, -0.2) is 0 Å². The number of non-ortho nitro benzene ring substituents is 1. The van der Waals surface area contributed by atoms with Crippen LogP contribution in [0.25, 0.3) is 0 Å². The van der Waals surface area contributed by atoms with Crippen molar-refractivity contribution in [3.63, 3.8) is 0 Å². The van der Waals surface area contributed by atoms with E-state index in [1.54, 1.807) is 24.3 Å². The van der Waals surface area contributed by atoms with Crippen molar-refractivity contribution in [2.75, 3.05) is 10.6 Å². The molecule has 0 atom stereocenters. The first kappa shape index (κ1) is 21.5. The Morgan fingerprint density at radius 3 is 2.41 bits per heavy atom. The lowest BCUT2D eigenvalue weighted by Gasteiger charge is -2.12. The number of hydrogen-bond donors (Lipinski definition) is 2. The van der Waals surface area contributed by atoms with E-state index in [-0.39, 0.29) is 11.6 Å². The molecule has 0 aliphatic heterocycles. The molecule has 0 unspecified atom stereocenters. The van der Waals surface area contributed by atoms with Gasteiger partial charge in [-0.3, -0.25) is 10.1 Å². The van der Waals surface area contributed by atoms with E-state index in [1.807, 2.05) is 43.3 Å². The van der Waals surface area contributed by atoms with Gasteiger partial charge in [0, 0.05) is 33.4 Å². The number of rotatable bonds is 7. The molecular weight excluding hydrogens is 448 g/mol. The zero-order chi connectivity index (χ0) is 22.5. The quantitative estimate of drug-likeness (QED) is 0.239. The van der Waals surface area contributed by atoms with E-state index in [0.29, 0.717) is 21.8 Å². The Morgan fingerprint density at radius 1 is 0.906 bits per heavy atom. The van der Waals surface area contributed by atoms with Crippen molar-refractivity contribution in [1.82, 2.24) is 15.0 Å². The number of benzene rings is 3. The third-order valence-corrected chi connectivity index (χ3v) is 5.43. The Balaban J connectivity index is 1.69. The number of nitrogens with zero attached hydrogens (tertiary/aromatic N) is 4. The molecule has 32 heavy (non-hydrogen) atoms. The molecule has 4 aromatic rings. The van der Waals surface area contributed by atoms with Crippen molar-refractivity contribution in [3.05, 3.63) is 93.5 Å². The summed E-state index contributed by atoms with van der Waals surface area (Å²) in [7, 11) is 0. The normalized spacial score (nSPS) is 10.6. The van der Waals surface area contributed by atoms with Crippen molar-refractivity contribution in [1.29, 1.82) is 0 Å². The second-order valence-electron chi connectivity index (χ2n) is 6.70. The van der Waals surface area contributed by atoms with Crippen LogP contribution in [0.5, 0.6) is 0 Å². The number of aromatic nitrogens is 3.